The first-order chi connectivity index (χ1) is 15.6. The molecule has 0 saturated heterocycles. The van der Waals surface area contributed by atoms with E-state index < -0.39 is 8.07 Å². The molecule has 0 fully saturated rings. The monoisotopic (exact) mass is 452 g/mol. The minimum absolute atomic E-state index is 0.133. The van der Waals surface area contributed by atoms with E-state index >= 15 is 0 Å². The van der Waals surface area contributed by atoms with E-state index in [2.05, 4.69) is 136 Å². The van der Waals surface area contributed by atoms with Crippen molar-refractivity contribution in [3.05, 3.63) is 109 Å². The standard InChI is InChI=1S/C30H36N2Si/c1-29(2,3)24-12-16-27(17-13-24)33(23-32-21-20-31-22-32,26-10-8-7-9-11-26)28-18-14-25(15-19-28)30(4,5)6/h7-22H,23H2,1-6H3. The molecule has 3 heteroatoms. The molecule has 0 amide bonds. The van der Waals surface area contributed by atoms with Gasteiger partial charge in [0, 0.05) is 18.6 Å². The molecule has 33 heavy (non-hydrogen) atoms. The number of rotatable bonds is 5. The van der Waals surface area contributed by atoms with Gasteiger partial charge in [0.15, 0.2) is 8.07 Å². The molecule has 3 aromatic carbocycles. The van der Waals surface area contributed by atoms with Crippen LogP contribution in [0.3, 0.4) is 0 Å². The van der Waals surface area contributed by atoms with Crippen LogP contribution in [-0.4, -0.2) is 17.6 Å². The SMILES string of the molecule is CC(C)(C)c1ccc([Si](Cn2ccnc2)(c2ccccc2)c2ccc(C(C)(C)C)cc2)cc1. The van der Waals surface area contributed by atoms with Crippen LogP contribution in [0.4, 0.5) is 0 Å². The highest BCUT2D eigenvalue weighted by molar-refractivity contribution is 7.10. The number of hydrogen-bond donors (Lipinski definition) is 0. The summed E-state index contributed by atoms with van der Waals surface area (Å²) >= 11 is 0. The van der Waals surface area contributed by atoms with Crippen LogP contribution < -0.4 is 15.6 Å². The number of imidazole rings is 1. The van der Waals surface area contributed by atoms with Crippen molar-refractivity contribution in [3.8, 4) is 0 Å². The molecule has 1 heterocycles. The molecule has 0 saturated carbocycles. The van der Waals surface area contributed by atoms with Crippen LogP contribution in [0.25, 0.3) is 0 Å². The van der Waals surface area contributed by atoms with Crippen LogP contribution in [0.15, 0.2) is 97.6 Å². The zero-order chi connectivity index (χ0) is 23.7. The van der Waals surface area contributed by atoms with Crippen molar-refractivity contribution in [3.63, 3.8) is 0 Å². The fourth-order valence-electron chi connectivity index (χ4n) is 4.66. The van der Waals surface area contributed by atoms with Crippen molar-refractivity contribution < 1.29 is 0 Å². The lowest BCUT2D eigenvalue weighted by Gasteiger charge is -2.35. The van der Waals surface area contributed by atoms with Crippen molar-refractivity contribution in [2.24, 2.45) is 0 Å². The van der Waals surface area contributed by atoms with Crippen LogP contribution >= 0.6 is 0 Å². The Hall–Kier alpha value is -2.91. The Morgan fingerprint density at radius 2 is 1.09 bits per heavy atom. The number of nitrogens with zero attached hydrogens (tertiary/aromatic N) is 2. The molecule has 0 atom stereocenters. The van der Waals surface area contributed by atoms with Crippen LogP contribution in [0.1, 0.15) is 52.7 Å². The van der Waals surface area contributed by atoms with E-state index in [1.165, 1.54) is 26.7 Å². The summed E-state index contributed by atoms with van der Waals surface area (Å²) < 4.78 is 2.26. The molecule has 0 aliphatic carbocycles. The lowest BCUT2D eigenvalue weighted by Crippen LogP contribution is -2.69. The first kappa shape index (κ1) is 23.3. The molecule has 2 nitrogen and oxygen atoms in total. The summed E-state index contributed by atoms with van der Waals surface area (Å²) in [4.78, 5) is 4.37. The van der Waals surface area contributed by atoms with Gasteiger partial charge < -0.3 is 4.57 Å². The molecular weight excluding hydrogens is 416 g/mol. The third kappa shape index (κ3) is 4.74. The van der Waals surface area contributed by atoms with Gasteiger partial charge in [-0.2, -0.15) is 0 Å². The van der Waals surface area contributed by atoms with E-state index in [1.807, 2.05) is 12.5 Å². The van der Waals surface area contributed by atoms with Crippen molar-refractivity contribution in [2.45, 2.75) is 58.5 Å². The van der Waals surface area contributed by atoms with E-state index in [0.29, 0.717) is 0 Å². The Balaban J connectivity index is 1.96. The Labute approximate surface area is 200 Å². The summed E-state index contributed by atoms with van der Waals surface area (Å²) in [6, 6.07) is 30.0. The van der Waals surface area contributed by atoms with E-state index in [0.717, 1.165) is 6.17 Å². The van der Waals surface area contributed by atoms with E-state index in [9.17, 15) is 0 Å². The molecule has 0 bridgehead atoms. The highest BCUT2D eigenvalue weighted by Crippen LogP contribution is 2.23. The summed E-state index contributed by atoms with van der Waals surface area (Å²) in [5, 5.41) is 4.28. The average molecular weight is 453 g/mol. The Kier molecular flexibility index (Phi) is 6.19. The minimum atomic E-state index is -2.37. The first-order valence-corrected chi connectivity index (χ1v) is 14.0. The molecule has 4 aromatic rings. The zero-order valence-electron chi connectivity index (χ0n) is 20.8. The van der Waals surface area contributed by atoms with Crippen LogP contribution in [-0.2, 0) is 17.0 Å². The molecule has 4 rings (SSSR count). The molecule has 170 valence electrons. The maximum absolute atomic E-state index is 4.37. The maximum atomic E-state index is 4.37. The van der Waals surface area contributed by atoms with E-state index in [1.54, 1.807) is 0 Å². The van der Waals surface area contributed by atoms with Gasteiger partial charge >= 0.3 is 0 Å². The van der Waals surface area contributed by atoms with Gasteiger partial charge in [-0.1, -0.05) is 120 Å². The fraction of sp³-hybridized carbons (Fsp3) is 0.300. The molecule has 0 unspecified atom stereocenters. The van der Waals surface area contributed by atoms with Crippen molar-refractivity contribution in [2.75, 3.05) is 0 Å². The smallest absolute Gasteiger partial charge is 0.168 e. The molecule has 0 aliphatic heterocycles. The van der Waals surface area contributed by atoms with Gasteiger partial charge in [0.2, 0.25) is 0 Å². The third-order valence-electron chi connectivity index (χ3n) is 6.73. The lowest BCUT2D eigenvalue weighted by molar-refractivity contribution is 0.590. The predicted octanol–water partition coefficient (Wildman–Crippen LogP) is 5.19. The zero-order valence-corrected chi connectivity index (χ0v) is 21.8. The topological polar surface area (TPSA) is 17.8 Å². The van der Waals surface area contributed by atoms with Crippen molar-refractivity contribution in [1.29, 1.82) is 0 Å². The van der Waals surface area contributed by atoms with Crippen LogP contribution in [0.5, 0.6) is 0 Å². The average Bonchev–Trinajstić information content (AvgIpc) is 3.30. The third-order valence-corrected chi connectivity index (χ3v) is 11.5. The number of benzene rings is 3. The number of aromatic nitrogens is 2. The molecule has 1 aromatic heterocycles. The summed E-state index contributed by atoms with van der Waals surface area (Å²) in [5.74, 6) is 0. The van der Waals surface area contributed by atoms with Gasteiger partial charge in [-0.05, 0) is 37.5 Å². The second kappa shape index (κ2) is 8.79. The normalized spacial score (nSPS) is 12.7. The van der Waals surface area contributed by atoms with Crippen molar-refractivity contribution >= 4 is 23.6 Å². The molecule has 0 spiro atoms. The van der Waals surface area contributed by atoms with Crippen LogP contribution in [0, 0.1) is 0 Å². The fourth-order valence-corrected chi connectivity index (χ4v) is 9.18. The molecule has 0 radical (unpaired) electrons. The van der Waals surface area contributed by atoms with Gasteiger partial charge in [0.05, 0.1) is 6.33 Å². The predicted molar refractivity (Wildman–Crippen MR) is 144 cm³/mol. The summed E-state index contributed by atoms with van der Waals surface area (Å²) in [6.07, 6.45) is 6.85. The molecular formula is C30H36N2Si. The Bertz CT molecular complexity index is 1100. The Morgan fingerprint density at radius 1 is 0.636 bits per heavy atom. The first-order valence-electron chi connectivity index (χ1n) is 11.8. The quantitative estimate of drug-likeness (QED) is 0.301. The van der Waals surface area contributed by atoms with Gasteiger partial charge in [0.1, 0.15) is 0 Å². The second-order valence-corrected chi connectivity index (χ2v) is 15.0. The number of hydrogen-bond acceptors (Lipinski definition) is 1. The summed E-state index contributed by atoms with van der Waals surface area (Å²) in [5.41, 5.74) is 3.00. The summed E-state index contributed by atoms with van der Waals surface area (Å²) in [7, 11) is -2.37. The van der Waals surface area contributed by atoms with Crippen molar-refractivity contribution in [1.82, 2.24) is 9.55 Å². The lowest BCUT2D eigenvalue weighted by atomic mass is 9.87. The molecule has 0 aliphatic rings. The van der Waals surface area contributed by atoms with E-state index in [-0.39, 0.29) is 10.8 Å². The van der Waals surface area contributed by atoms with Gasteiger partial charge in [-0.25, -0.2) is 4.98 Å². The molecule has 0 N–H and O–H groups in total. The second-order valence-electron chi connectivity index (χ2n) is 11.2. The minimum Gasteiger partial charge on any atom is -0.339 e. The highest BCUT2D eigenvalue weighted by Gasteiger charge is 2.40. The van der Waals surface area contributed by atoms with E-state index in [4.69, 9.17) is 0 Å². The maximum Gasteiger partial charge on any atom is 0.168 e. The van der Waals surface area contributed by atoms with Gasteiger partial charge in [-0.15, -0.1) is 0 Å². The van der Waals surface area contributed by atoms with Gasteiger partial charge in [0.25, 0.3) is 0 Å². The summed E-state index contributed by atoms with van der Waals surface area (Å²) in [6.45, 7) is 13.7. The largest absolute Gasteiger partial charge is 0.339 e. The Morgan fingerprint density at radius 3 is 1.48 bits per heavy atom. The highest BCUT2D eigenvalue weighted by atomic mass is 28.3. The van der Waals surface area contributed by atoms with Gasteiger partial charge in [-0.3, -0.25) is 0 Å². The van der Waals surface area contributed by atoms with Crippen LogP contribution in [0.2, 0.25) is 0 Å².